The highest BCUT2D eigenvalue weighted by atomic mass is 32.2. The lowest BCUT2D eigenvalue weighted by atomic mass is 10.1. The van der Waals surface area contributed by atoms with Crippen molar-refractivity contribution in [3.63, 3.8) is 0 Å². The Morgan fingerprint density at radius 1 is 1.00 bits per heavy atom. The zero-order valence-corrected chi connectivity index (χ0v) is 10.7. The monoisotopic (exact) mass is 243 g/mol. The molecular weight excluding hydrogens is 226 g/mol. The molecular formula is C15H17NS. The van der Waals surface area contributed by atoms with E-state index in [-0.39, 0.29) is 0 Å². The van der Waals surface area contributed by atoms with E-state index in [2.05, 4.69) is 47.8 Å². The second-order valence-corrected chi connectivity index (χ2v) is 5.84. The number of piperidine rings is 1. The minimum absolute atomic E-state index is 0.602. The summed E-state index contributed by atoms with van der Waals surface area (Å²) < 4.78 is 0. The van der Waals surface area contributed by atoms with E-state index in [1.807, 2.05) is 11.8 Å². The third kappa shape index (κ3) is 2.64. The molecule has 17 heavy (non-hydrogen) atoms. The molecule has 1 aliphatic heterocycles. The van der Waals surface area contributed by atoms with E-state index in [1.165, 1.54) is 41.5 Å². The van der Waals surface area contributed by atoms with Crippen LogP contribution in [0.4, 0.5) is 0 Å². The van der Waals surface area contributed by atoms with Gasteiger partial charge in [-0.25, -0.2) is 0 Å². The van der Waals surface area contributed by atoms with Gasteiger partial charge in [0.05, 0.1) is 5.37 Å². The fourth-order valence-corrected chi connectivity index (χ4v) is 3.48. The van der Waals surface area contributed by atoms with Gasteiger partial charge in [0.25, 0.3) is 0 Å². The molecule has 1 atom stereocenters. The van der Waals surface area contributed by atoms with E-state index in [9.17, 15) is 0 Å². The number of thioether (sulfide) groups is 1. The molecule has 1 unspecified atom stereocenters. The lowest BCUT2D eigenvalue weighted by molar-refractivity contribution is 0.491. The van der Waals surface area contributed by atoms with Gasteiger partial charge in [0.2, 0.25) is 0 Å². The maximum absolute atomic E-state index is 3.58. The molecule has 0 aliphatic carbocycles. The molecule has 2 heteroatoms. The van der Waals surface area contributed by atoms with Gasteiger partial charge in [0.1, 0.15) is 0 Å². The Morgan fingerprint density at radius 3 is 2.71 bits per heavy atom. The minimum Gasteiger partial charge on any atom is -0.305 e. The van der Waals surface area contributed by atoms with Gasteiger partial charge in [-0.05, 0) is 48.7 Å². The molecule has 1 N–H and O–H groups in total. The Hall–Kier alpha value is -0.990. The van der Waals surface area contributed by atoms with Crippen molar-refractivity contribution in [3.05, 3.63) is 42.5 Å². The molecule has 3 rings (SSSR count). The van der Waals surface area contributed by atoms with Crippen LogP contribution in [-0.2, 0) is 0 Å². The van der Waals surface area contributed by atoms with Crippen molar-refractivity contribution in [3.8, 4) is 0 Å². The van der Waals surface area contributed by atoms with Crippen LogP contribution in [0.25, 0.3) is 10.8 Å². The number of nitrogens with one attached hydrogen (secondary N) is 1. The number of hydrogen-bond donors (Lipinski definition) is 1. The first-order valence-electron chi connectivity index (χ1n) is 6.31. The third-order valence-corrected chi connectivity index (χ3v) is 4.48. The largest absolute Gasteiger partial charge is 0.305 e. The summed E-state index contributed by atoms with van der Waals surface area (Å²) in [6.07, 6.45) is 3.98. The second kappa shape index (κ2) is 5.11. The summed E-state index contributed by atoms with van der Waals surface area (Å²) >= 11 is 1.97. The molecule has 0 spiro atoms. The van der Waals surface area contributed by atoms with E-state index in [0.29, 0.717) is 5.37 Å². The lowest BCUT2D eigenvalue weighted by Gasteiger charge is -2.22. The summed E-state index contributed by atoms with van der Waals surface area (Å²) in [6.45, 7) is 1.17. The van der Waals surface area contributed by atoms with Crippen LogP contribution < -0.4 is 5.32 Å². The third-order valence-electron chi connectivity index (χ3n) is 3.26. The maximum atomic E-state index is 3.58. The van der Waals surface area contributed by atoms with Crippen molar-refractivity contribution in [1.29, 1.82) is 0 Å². The molecule has 88 valence electrons. The summed E-state index contributed by atoms with van der Waals surface area (Å²) in [5.41, 5.74) is 0. The Kier molecular flexibility index (Phi) is 3.34. The van der Waals surface area contributed by atoms with Gasteiger partial charge in [-0.1, -0.05) is 30.3 Å². The number of rotatable bonds is 2. The fraction of sp³-hybridized carbons (Fsp3) is 0.333. The normalized spacial score (nSPS) is 20.6. The predicted molar refractivity (Wildman–Crippen MR) is 75.4 cm³/mol. The van der Waals surface area contributed by atoms with Crippen molar-refractivity contribution < 1.29 is 0 Å². The summed E-state index contributed by atoms with van der Waals surface area (Å²) in [6, 6.07) is 15.3. The SMILES string of the molecule is c1ccc2cc(SC3CCCCN3)ccc2c1. The molecule has 0 bridgehead atoms. The maximum Gasteiger partial charge on any atom is 0.0579 e. The zero-order chi connectivity index (χ0) is 11.5. The summed E-state index contributed by atoms with van der Waals surface area (Å²) in [7, 11) is 0. The first kappa shape index (κ1) is 11.1. The van der Waals surface area contributed by atoms with Crippen LogP contribution in [0, 0.1) is 0 Å². The second-order valence-electron chi connectivity index (χ2n) is 4.57. The first-order valence-corrected chi connectivity index (χ1v) is 7.19. The highest BCUT2D eigenvalue weighted by molar-refractivity contribution is 7.99. The van der Waals surface area contributed by atoms with Crippen LogP contribution in [0.3, 0.4) is 0 Å². The van der Waals surface area contributed by atoms with Crippen LogP contribution in [-0.4, -0.2) is 11.9 Å². The van der Waals surface area contributed by atoms with E-state index in [1.54, 1.807) is 0 Å². The lowest BCUT2D eigenvalue weighted by Crippen LogP contribution is -2.30. The average molecular weight is 243 g/mol. The molecule has 1 nitrogen and oxygen atoms in total. The van der Waals surface area contributed by atoms with Crippen molar-refractivity contribution in [2.24, 2.45) is 0 Å². The summed E-state index contributed by atoms with van der Waals surface area (Å²) in [5.74, 6) is 0. The van der Waals surface area contributed by atoms with Crippen LogP contribution in [0.2, 0.25) is 0 Å². The Morgan fingerprint density at radius 2 is 1.88 bits per heavy atom. The van der Waals surface area contributed by atoms with Gasteiger partial charge in [-0.2, -0.15) is 0 Å². The molecule has 1 aliphatic rings. The van der Waals surface area contributed by atoms with Crippen molar-refractivity contribution >= 4 is 22.5 Å². The van der Waals surface area contributed by atoms with Crippen LogP contribution in [0.1, 0.15) is 19.3 Å². The van der Waals surface area contributed by atoms with E-state index in [0.717, 1.165) is 0 Å². The van der Waals surface area contributed by atoms with Gasteiger partial charge in [-0.15, -0.1) is 11.8 Å². The van der Waals surface area contributed by atoms with Gasteiger partial charge in [0, 0.05) is 4.90 Å². The Bertz CT molecular complexity index is 503. The zero-order valence-electron chi connectivity index (χ0n) is 9.86. The number of hydrogen-bond acceptors (Lipinski definition) is 2. The minimum atomic E-state index is 0.602. The van der Waals surface area contributed by atoms with E-state index in [4.69, 9.17) is 0 Å². The smallest absolute Gasteiger partial charge is 0.0579 e. The topological polar surface area (TPSA) is 12.0 Å². The number of benzene rings is 2. The molecule has 2 aromatic carbocycles. The van der Waals surface area contributed by atoms with Crippen LogP contribution in [0.5, 0.6) is 0 Å². The quantitative estimate of drug-likeness (QED) is 0.854. The van der Waals surface area contributed by atoms with Crippen LogP contribution >= 0.6 is 11.8 Å². The summed E-state index contributed by atoms with van der Waals surface area (Å²) in [5, 5.41) is 6.85. The molecule has 0 radical (unpaired) electrons. The fourth-order valence-electron chi connectivity index (χ4n) is 2.33. The standard InChI is InChI=1S/C15H17NS/c1-2-6-13-11-14(9-8-12(13)5-1)17-15-7-3-4-10-16-15/h1-2,5-6,8-9,11,15-16H,3-4,7,10H2. The molecule has 0 aromatic heterocycles. The van der Waals surface area contributed by atoms with Crippen molar-refractivity contribution in [2.45, 2.75) is 29.5 Å². The number of fused-ring (bicyclic) bond motifs is 1. The Labute approximate surface area is 107 Å². The van der Waals surface area contributed by atoms with Gasteiger partial charge in [-0.3, -0.25) is 0 Å². The van der Waals surface area contributed by atoms with Gasteiger partial charge in [0.15, 0.2) is 0 Å². The first-order chi connectivity index (χ1) is 8.42. The van der Waals surface area contributed by atoms with Crippen molar-refractivity contribution in [2.75, 3.05) is 6.54 Å². The van der Waals surface area contributed by atoms with Gasteiger partial charge >= 0.3 is 0 Å². The van der Waals surface area contributed by atoms with Crippen molar-refractivity contribution in [1.82, 2.24) is 5.32 Å². The van der Waals surface area contributed by atoms with Gasteiger partial charge < -0.3 is 5.32 Å². The molecule has 1 heterocycles. The molecule has 1 fully saturated rings. The molecule has 1 saturated heterocycles. The predicted octanol–water partition coefficient (Wildman–Crippen LogP) is 4.03. The molecule has 0 amide bonds. The highest BCUT2D eigenvalue weighted by Crippen LogP contribution is 2.29. The highest BCUT2D eigenvalue weighted by Gasteiger charge is 2.13. The summed E-state index contributed by atoms with van der Waals surface area (Å²) in [4.78, 5) is 1.38. The van der Waals surface area contributed by atoms with E-state index >= 15 is 0 Å². The van der Waals surface area contributed by atoms with Crippen LogP contribution in [0.15, 0.2) is 47.4 Å². The van der Waals surface area contributed by atoms with E-state index < -0.39 is 0 Å². The molecule has 2 aromatic rings. The molecule has 0 saturated carbocycles. The Balaban J connectivity index is 1.80. The average Bonchev–Trinajstić information content (AvgIpc) is 2.40.